The molecule has 1 atom stereocenters. The van der Waals surface area contributed by atoms with E-state index < -0.39 is 17.5 Å². The molecule has 3 nitrogen and oxygen atoms in total. The van der Waals surface area contributed by atoms with Crippen LogP contribution in [0.15, 0.2) is 17.6 Å². The lowest BCUT2D eigenvalue weighted by atomic mass is 10.0. The fraction of sp³-hybridized carbons (Fsp3) is 0.308. The van der Waals surface area contributed by atoms with Gasteiger partial charge in [-0.1, -0.05) is 0 Å². The van der Waals surface area contributed by atoms with Gasteiger partial charge in [0.05, 0.1) is 6.54 Å². The van der Waals surface area contributed by atoms with Gasteiger partial charge < -0.3 is 5.73 Å². The van der Waals surface area contributed by atoms with Gasteiger partial charge in [0.25, 0.3) is 0 Å². The Morgan fingerprint density at radius 3 is 2.80 bits per heavy atom. The molecule has 0 amide bonds. The van der Waals surface area contributed by atoms with Crippen LogP contribution in [-0.2, 0) is 13.1 Å². The van der Waals surface area contributed by atoms with Crippen molar-refractivity contribution in [2.24, 2.45) is 5.73 Å². The van der Waals surface area contributed by atoms with Crippen molar-refractivity contribution in [1.82, 2.24) is 9.88 Å². The normalized spacial score (nSPS) is 18.5. The van der Waals surface area contributed by atoms with Crippen LogP contribution in [0.5, 0.6) is 0 Å². The van der Waals surface area contributed by atoms with Gasteiger partial charge in [0.15, 0.2) is 17.5 Å². The molecule has 20 heavy (non-hydrogen) atoms. The van der Waals surface area contributed by atoms with Crippen molar-refractivity contribution in [1.29, 1.82) is 0 Å². The lowest BCUT2D eigenvalue weighted by Gasteiger charge is -2.22. The second-order valence-electron chi connectivity index (χ2n) is 4.64. The van der Waals surface area contributed by atoms with Gasteiger partial charge in [-0.15, -0.1) is 11.3 Å². The van der Waals surface area contributed by atoms with Gasteiger partial charge in [-0.25, -0.2) is 18.2 Å². The average Bonchev–Trinajstić information content (AvgIpc) is 3.04. The lowest BCUT2D eigenvalue weighted by Crippen LogP contribution is -2.27. The zero-order chi connectivity index (χ0) is 14.3. The third kappa shape index (κ3) is 2.11. The van der Waals surface area contributed by atoms with Crippen molar-refractivity contribution in [2.75, 3.05) is 6.54 Å². The van der Waals surface area contributed by atoms with Gasteiger partial charge in [-0.2, -0.15) is 0 Å². The molecule has 2 heterocycles. The molecule has 0 saturated heterocycles. The minimum atomic E-state index is -1.42. The van der Waals surface area contributed by atoms with Gasteiger partial charge in [0, 0.05) is 36.3 Å². The predicted molar refractivity (Wildman–Crippen MR) is 69.5 cm³/mol. The fourth-order valence-corrected chi connectivity index (χ4v) is 3.21. The largest absolute Gasteiger partial charge is 0.329 e. The number of thiazole rings is 1. The van der Waals surface area contributed by atoms with E-state index in [-0.39, 0.29) is 24.7 Å². The molecule has 1 aliphatic rings. The molecule has 3 rings (SSSR count). The molecule has 2 N–H and O–H groups in total. The van der Waals surface area contributed by atoms with Crippen molar-refractivity contribution in [3.8, 4) is 0 Å². The number of fused-ring (bicyclic) bond motifs is 1. The molecule has 0 fully saturated rings. The monoisotopic (exact) mass is 299 g/mol. The van der Waals surface area contributed by atoms with Gasteiger partial charge in [-0.3, -0.25) is 4.90 Å². The SMILES string of the molecule is NCC1c2cc(F)c(F)c(F)c2CN1Cc1nccs1. The maximum Gasteiger partial charge on any atom is 0.194 e. The summed E-state index contributed by atoms with van der Waals surface area (Å²) in [4.78, 5) is 6.04. The zero-order valence-corrected chi connectivity index (χ0v) is 11.3. The molecular weight excluding hydrogens is 287 g/mol. The molecule has 0 aliphatic carbocycles. The van der Waals surface area contributed by atoms with Gasteiger partial charge in [-0.05, 0) is 11.6 Å². The van der Waals surface area contributed by atoms with Crippen LogP contribution in [0.4, 0.5) is 13.2 Å². The topological polar surface area (TPSA) is 42.1 Å². The summed E-state index contributed by atoms with van der Waals surface area (Å²) >= 11 is 1.48. The Hall–Kier alpha value is -1.44. The number of benzene rings is 1. The van der Waals surface area contributed by atoms with Crippen LogP contribution >= 0.6 is 11.3 Å². The smallest absolute Gasteiger partial charge is 0.194 e. The number of nitrogens with two attached hydrogens (primary N) is 1. The highest BCUT2D eigenvalue weighted by molar-refractivity contribution is 7.09. The highest BCUT2D eigenvalue weighted by atomic mass is 32.1. The van der Waals surface area contributed by atoms with Crippen LogP contribution < -0.4 is 5.73 Å². The molecule has 1 aromatic carbocycles. The third-order valence-electron chi connectivity index (χ3n) is 3.50. The summed E-state index contributed by atoms with van der Waals surface area (Å²) in [5, 5.41) is 2.70. The Labute approximate surface area is 117 Å². The van der Waals surface area contributed by atoms with Crippen molar-refractivity contribution < 1.29 is 13.2 Å². The summed E-state index contributed by atoms with van der Waals surface area (Å²) in [6, 6.07) is 0.728. The van der Waals surface area contributed by atoms with E-state index in [1.807, 2.05) is 10.3 Å². The summed E-state index contributed by atoms with van der Waals surface area (Å²) < 4.78 is 40.5. The number of hydrogen-bond donors (Lipinski definition) is 1. The van der Waals surface area contributed by atoms with Crippen molar-refractivity contribution in [3.05, 3.63) is 51.2 Å². The van der Waals surface area contributed by atoms with Crippen LogP contribution in [0.2, 0.25) is 0 Å². The van der Waals surface area contributed by atoms with Crippen molar-refractivity contribution in [3.63, 3.8) is 0 Å². The Morgan fingerprint density at radius 1 is 1.35 bits per heavy atom. The van der Waals surface area contributed by atoms with Gasteiger partial charge in [0.1, 0.15) is 5.01 Å². The van der Waals surface area contributed by atoms with E-state index >= 15 is 0 Å². The van der Waals surface area contributed by atoms with E-state index in [0.29, 0.717) is 12.1 Å². The maximum absolute atomic E-state index is 13.8. The third-order valence-corrected chi connectivity index (χ3v) is 4.27. The standard InChI is InChI=1S/C13H12F3N3S/c14-9-3-7-8(12(15)13(9)16)5-19(10(7)4-17)6-11-18-1-2-20-11/h1-3,10H,4-6,17H2. The van der Waals surface area contributed by atoms with Crippen LogP contribution in [0.25, 0.3) is 0 Å². The molecule has 1 aromatic heterocycles. The Morgan fingerprint density at radius 2 is 2.15 bits per heavy atom. The maximum atomic E-state index is 13.8. The first-order chi connectivity index (χ1) is 9.61. The number of rotatable bonds is 3. The number of aromatic nitrogens is 1. The van der Waals surface area contributed by atoms with Gasteiger partial charge in [0.2, 0.25) is 0 Å². The Balaban J connectivity index is 1.96. The number of halogens is 3. The first-order valence-corrected chi connectivity index (χ1v) is 6.98. The van der Waals surface area contributed by atoms with Crippen LogP contribution in [0, 0.1) is 17.5 Å². The summed E-state index contributed by atoms with van der Waals surface area (Å²) in [6.07, 6.45) is 1.68. The van der Waals surface area contributed by atoms with E-state index in [1.165, 1.54) is 11.3 Å². The van der Waals surface area contributed by atoms with Gasteiger partial charge >= 0.3 is 0 Å². The Bertz CT molecular complexity index is 630. The quantitative estimate of drug-likeness (QED) is 0.886. The average molecular weight is 299 g/mol. The fourth-order valence-electron chi connectivity index (χ4n) is 2.57. The zero-order valence-electron chi connectivity index (χ0n) is 10.4. The molecule has 0 spiro atoms. The summed E-state index contributed by atoms with van der Waals surface area (Å²) in [7, 11) is 0. The summed E-state index contributed by atoms with van der Waals surface area (Å²) in [5.41, 5.74) is 6.33. The van der Waals surface area contributed by atoms with Crippen molar-refractivity contribution >= 4 is 11.3 Å². The van der Waals surface area contributed by atoms with E-state index in [1.54, 1.807) is 6.20 Å². The van der Waals surface area contributed by atoms with E-state index in [4.69, 9.17) is 5.73 Å². The van der Waals surface area contributed by atoms with E-state index in [9.17, 15) is 13.2 Å². The molecular formula is C13H12F3N3S. The molecule has 0 radical (unpaired) electrons. The summed E-state index contributed by atoms with van der Waals surface area (Å²) in [5.74, 6) is -3.70. The predicted octanol–water partition coefficient (Wildman–Crippen LogP) is 2.58. The second kappa shape index (κ2) is 5.16. The molecule has 1 aliphatic heterocycles. The van der Waals surface area contributed by atoms with E-state index in [0.717, 1.165) is 11.1 Å². The lowest BCUT2D eigenvalue weighted by molar-refractivity contribution is 0.209. The molecule has 1 unspecified atom stereocenters. The van der Waals surface area contributed by atoms with Crippen LogP contribution in [-0.4, -0.2) is 16.4 Å². The first kappa shape index (κ1) is 13.5. The van der Waals surface area contributed by atoms with Crippen LogP contribution in [0.3, 0.4) is 0 Å². The van der Waals surface area contributed by atoms with Crippen molar-refractivity contribution in [2.45, 2.75) is 19.1 Å². The minimum Gasteiger partial charge on any atom is -0.329 e. The molecule has 7 heteroatoms. The number of nitrogens with zero attached hydrogens (tertiary/aromatic N) is 2. The van der Waals surface area contributed by atoms with Crippen LogP contribution in [0.1, 0.15) is 22.2 Å². The highest BCUT2D eigenvalue weighted by Crippen LogP contribution is 2.37. The highest BCUT2D eigenvalue weighted by Gasteiger charge is 2.34. The molecule has 2 aromatic rings. The molecule has 0 bridgehead atoms. The second-order valence-corrected chi connectivity index (χ2v) is 5.62. The van der Waals surface area contributed by atoms with E-state index in [2.05, 4.69) is 4.98 Å². The molecule has 0 saturated carbocycles. The Kier molecular flexibility index (Phi) is 3.49. The number of hydrogen-bond acceptors (Lipinski definition) is 4. The first-order valence-electron chi connectivity index (χ1n) is 6.10. The minimum absolute atomic E-state index is 0.191. The molecule has 106 valence electrons. The summed E-state index contributed by atoms with van der Waals surface area (Å²) in [6.45, 7) is 0.902.